The Labute approximate surface area is 131 Å². The summed E-state index contributed by atoms with van der Waals surface area (Å²) in [5.74, 6) is 0. The van der Waals surface area contributed by atoms with Crippen LogP contribution in [0.3, 0.4) is 0 Å². The van der Waals surface area contributed by atoms with Gasteiger partial charge in [-0.3, -0.25) is 4.90 Å². The molecule has 0 bridgehead atoms. The molecule has 0 spiro atoms. The Morgan fingerprint density at radius 1 is 1.14 bits per heavy atom. The zero-order valence-electron chi connectivity index (χ0n) is 15.0. The van der Waals surface area contributed by atoms with E-state index in [-0.39, 0.29) is 12.1 Å². The van der Waals surface area contributed by atoms with Gasteiger partial charge in [0.25, 0.3) is 0 Å². The van der Waals surface area contributed by atoms with E-state index in [4.69, 9.17) is 9.84 Å². The highest BCUT2D eigenvalue weighted by Gasteiger charge is 2.20. The van der Waals surface area contributed by atoms with Crippen LogP contribution in [0.25, 0.3) is 0 Å². The van der Waals surface area contributed by atoms with Gasteiger partial charge in [0.15, 0.2) is 0 Å². The van der Waals surface area contributed by atoms with E-state index in [0.717, 1.165) is 32.7 Å². The Bertz CT molecular complexity index is 242. The summed E-state index contributed by atoms with van der Waals surface area (Å²) in [7, 11) is 4.19. The lowest BCUT2D eigenvalue weighted by Crippen LogP contribution is -2.45. The Morgan fingerprint density at radius 2 is 1.81 bits per heavy atom. The Hall–Kier alpha value is -0.200. The molecule has 5 heteroatoms. The second-order valence-electron chi connectivity index (χ2n) is 6.97. The number of nitrogens with one attached hydrogen (secondary N) is 1. The number of ether oxygens (including phenoxy) is 1. The van der Waals surface area contributed by atoms with Gasteiger partial charge in [0.05, 0.1) is 19.8 Å². The zero-order chi connectivity index (χ0) is 16.3. The van der Waals surface area contributed by atoms with E-state index < -0.39 is 0 Å². The summed E-state index contributed by atoms with van der Waals surface area (Å²) in [6, 6.07) is 0.382. The Morgan fingerprint density at radius 3 is 2.33 bits per heavy atom. The van der Waals surface area contributed by atoms with Gasteiger partial charge >= 0.3 is 0 Å². The van der Waals surface area contributed by atoms with Crippen LogP contribution in [0, 0.1) is 0 Å². The zero-order valence-corrected chi connectivity index (χ0v) is 15.0. The van der Waals surface area contributed by atoms with Gasteiger partial charge in [-0.15, -0.1) is 0 Å². The van der Waals surface area contributed by atoms with Gasteiger partial charge in [-0.25, -0.2) is 0 Å². The van der Waals surface area contributed by atoms with Crippen LogP contribution in [-0.2, 0) is 4.74 Å². The first-order valence-corrected chi connectivity index (χ1v) is 8.09. The number of aliphatic hydroxyl groups excluding tert-OH is 1. The van der Waals surface area contributed by atoms with Gasteiger partial charge < -0.3 is 20.1 Å². The molecule has 1 unspecified atom stereocenters. The molecule has 0 aromatic heterocycles. The van der Waals surface area contributed by atoms with Crippen molar-refractivity contribution in [3.63, 3.8) is 0 Å². The van der Waals surface area contributed by atoms with Crippen LogP contribution in [0.5, 0.6) is 0 Å². The van der Waals surface area contributed by atoms with Crippen molar-refractivity contribution in [3.05, 3.63) is 0 Å². The topological polar surface area (TPSA) is 48.0 Å². The monoisotopic (exact) mass is 303 g/mol. The molecule has 0 rings (SSSR count). The van der Waals surface area contributed by atoms with Gasteiger partial charge in [0.1, 0.15) is 0 Å². The maximum Gasteiger partial charge on any atom is 0.0617 e. The van der Waals surface area contributed by atoms with Crippen LogP contribution in [0.4, 0.5) is 0 Å². The van der Waals surface area contributed by atoms with Crippen LogP contribution in [0.1, 0.15) is 34.1 Å². The van der Waals surface area contributed by atoms with Gasteiger partial charge in [-0.1, -0.05) is 0 Å². The van der Waals surface area contributed by atoms with Gasteiger partial charge in [0, 0.05) is 24.7 Å². The lowest BCUT2D eigenvalue weighted by molar-refractivity contribution is 0.0473. The summed E-state index contributed by atoms with van der Waals surface area (Å²) in [6.45, 7) is 14.0. The van der Waals surface area contributed by atoms with Crippen LogP contribution >= 0.6 is 0 Å². The molecule has 0 aliphatic heterocycles. The van der Waals surface area contributed by atoms with Gasteiger partial charge in [-0.05, 0) is 61.3 Å². The van der Waals surface area contributed by atoms with E-state index in [1.165, 1.54) is 0 Å². The van der Waals surface area contributed by atoms with E-state index in [1.807, 2.05) is 0 Å². The average Bonchev–Trinajstić information content (AvgIpc) is 2.37. The number of aliphatic hydroxyl groups is 1. The SMILES string of the molecule is CC(COCCN(CCO)C(C)(C)C)NCCCN(C)C. The highest BCUT2D eigenvalue weighted by molar-refractivity contribution is 4.75. The van der Waals surface area contributed by atoms with Crippen molar-refractivity contribution in [2.75, 3.05) is 60.1 Å². The molecule has 0 radical (unpaired) electrons. The standard InChI is InChI=1S/C16H37N3O2/c1-15(17-8-7-9-18(5)6)14-21-13-11-19(10-12-20)16(2,3)4/h15,17,20H,7-14H2,1-6H3. The molecular weight excluding hydrogens is 266 g/mol. The first-order valence-electron chi connectivity index (χ1n) is 8.09. The van der Waals surface area contributed by atoms with E-state index in [0.29, 0.717) is 19.2 Å². The molecule has 2 N–H and O–H groups in total. The van der Waals surface area contributed by atoms with Gasteiger partial charge in [0.2, 0.25) is 0 Å². The smallest absolute Gasteiger partial charge is 0.0617 e. The van der Waals surface area contributed by atoms with Crippen molar-refractivity contribution < 1.29 is 9.84 Å². The van der Waals surface area contributed by atoms with Crippen LogP contribution < -0.4 is 5.32 Å². The maximum atomic E-state index is 9.11. The molecule has 0 saturated carbocycles. The molecule has 0 aliphatic carbocycles. The molecule has 0 aliphatic rings. The molecule has 1 atom stereocenters. The summed E-state index contributed by atoms with van der Waals surface area (Å²) >= 11 is 0. The largest absolute Gasteiger partial charge is 0.395 e. The number of nitrogens with zero attached hydrogens (tertiary/aromatic N) is 2. The normalized spacial score (nSPS) is 14.1. The predicted octanol–water partition coefficient (Wildman–Crippen LogP) is 1.03. The minimum atomic E-state index is 0.0716. The molecule has 0 aromatic rings. The van der Waals surface area contributed by atoms with Crippen molar-refractivity contribution in [1.29, 1.82) is 0 Å². The molecular formula is C16H37N3O2. The highest BCUT2D eigenvalue weighted by atomic mass is 16.5. The van der Waals surface area contributed by atoms with Crippen molar-refractivity contribution in [1.82, 2.24) is 15.1 Å². The predicted molar refractivity (Wildman–Crippen MR) is 89.9 cm³/mol. The molecule has 0 heterocycles. The molecule has 0 fully saturated rings. The Balaban J connectivity index is 3.68. The van der Waals surface area contributed by atoms with Crippen molar-refractivity contribution in [3.8, 4) is 0 Å². The van der Waals surface area contributed by atoms with Crippen molar-refractivity contribution in [2.24, 2.45) is 0 Å². The van der Waals surface area contributed by atoms with Crippen molar-refractivity contribution >= 4 is 0 Å². The first-order chi connectivity index (χ1) is 9.77. The Kier molecular flexibility index (Phi) is 11.3. The minimum absolute atomic E-state index is 0.0716. The maximum absolute atomic E-state index is 9.11. The van der Waals surface area contributed by atoms with Crippen molar-refractivity contribution in [2.45, 2.75) is 45.7 Å². The van der Waals surface area contributed by atoms with E-state index in [1.54, 1.807) is 0 Å². The quantitative estimate of drug-likeness (QED) is 0.527. The molecule has 0 saturated heterocycles. The number of rotatable bonds is 12. The third kappa shape index (κ3) is 12.1. The molecule has 5 nitrogen and oxygen atoms in total. The van der Waals surface area contributed by atoms with Gasteiger partial charge in [-0.2, -0.15) is 0 Å². The summed E-state index contributed by atoms with van der Waals surface area (Å²) in [6.07, 6.45) is 1.16. The fraction of sp³-hybridized carbons (Fsp3) is 1.00. The molecule has 21 heavy (non-hydrogen) atoms. The second-order valence-corrected chi connectivity index (χ2v) is 6.97. The molecule has 128 valence electrons. The lowest BCUT2D eigenvalue weighted by atomic mass is 10.1. The summed E-state index contributed by atoms with van der Waals surface area (Å²) in [5.41, 5.74) is 0.0716. The number of hydrogen-bond acceptors (Lipinski definition) is 5. The van der Waals surface area contributed by atoms with E-state index in [9.17, 15) is 0 Å². The average molecular weight is 303 g/mol. The third-order valence-corrected chi connectivity index (χ3v) is 3.47. The second kappa shape index (κ2) is 11.4. The lowest BCUT2D eigenvalue weighted by Gasteiger charge is -2.35. The van der Waals surface area contributed by atoms with Crippen LogP contribution in [-0.4, -0.2) is 86.6 Å². The minimum Gasteiger partial charge on any atom is -0.395 e. The number of hydrogen-bond donors (Lipinski definition) is 2. The third-order valence-electron chi connectivity index (χ3n) is 3.47. The number of β-amino-alcohol motifs (C(OH)–C–C–N with tert-alkyl or cyclic N) is 1. The highest BCUT2D eigenvalue weighted by Crippen LogP contribution is 2.11. The van der Waals surface area contributed by atoms with Crippen LogP contribution in [0.15, 0.2) is 0 Å². The van der Waals surface area contributed by atoms with E-state index >= 15 is 0 Å². The summed E-state index contributed by atoms with van der Waals surface area (Å²) in [4.78, 5) is 4.45. The summed E-state index contributed by atoms with van der Waals surface area (Å²) < 4.78 is 5.75. The fourth-order valence-corrected chi connectivity index (χ4v) is 2.14. The van der Waals surface area contributed by atoms with Crippen LogP contribution in [0.2, 0.25) is 0 Å². The van der Waals surface area contributed by atoms with E-state index in [2.05, 4.69) is 56.9 Å². The molecule has 0 amide bonds. The molecule has 0 aromatic carbocycles. The fourth-order valence-electron chi connectivity index (χ4n) is 2.14. The summed E-state index contributed by atoms with van der Waals surface area (Å²) in [5, 5.41) is 12.6. The first kappa shape index (κ1) is 20.8.